The fourth-order valence-electron chi connectivity index (χ4n) is 3.59. The normalized spacial score (nSPS) is 22.3. The van der Waals surface area contributed by atoms with Crippen molar-refractivity contribution >= 4 is 11.5 Å². The molecular weight excluding hydrogens is 260 g/mol. The summed E-state index contributed by atoms with van der Waals surface area (Å²) in [6, 6.07) is 4.14. The zero-order valence-corrected chi connectivity index (χ0v) is 13.6. The largest absolute Gasteiger partial charge is 0.396 e. The SMILES string of the molecule is CCCCCn1c(C#N)cc(N)c1N1CC(C)CC(C)C1. The van der Waals surface area contributed by atoms with Gasteiger partial charge in [-0.1, -0.05) is 33.6 Å². The molecule has 21 heavy (non-hydrogen) atoms. The molecule has 1 aliphatic rings. The van der Waals surface area contributed by atoms with Crippen molar-refractivity contribution in [1.82, 2.24) is 4.57 Å². The van der Waals surface area contributed by atoms with E-state index in [-0.39, 0.29) is 0 Å². The summed E-state index contributed by atoms with van der Waals surface area (Å²) < 4.78 is 2.13. The number of nitriles is 1. The summed E-state index contributed by atoms with van der Waals surface area (Å²) in [5, 5.41) is 9.37. The van der Waals surface area contributed by atoms with Crippen LogP contribution in [0.3, 0.4) is 0 Å². The van der Waals surface area contributed by atoms with E-state index < -0.39 is 0 Å². The van der Waals surface area contributed by atoms with Crippen molar-refractivity contribution in [3.8, 4) is 6.07 Å². The van der Waals surface area contributed by atoms with Gasteiger partial charge in [-0.05, 0) is 30.7 Å². The number of nitrogens with zero attached hydrogens (tertiary/aromatic N) is 3. The Morgan fingerprint density at radius 2 is 1.95 bits per heavy atom. The van der Waals surface area contributed by atoms with Gasteiger partial charge in [0.2, 0.25) is 0 Å². The highest BCUT2D eigenvalue weighted by Crippen LogP contribution is 2.33. The van der Waals surface area contributed by atoms with Crippen LogP contribution in [0.25, 0.3) is 0 Å². The Kier molecular flexibility index (Phi) is 5.17. The zero-order chi connectivity index (χ0) is 15.4. The molecule has 0 aromatic carbocycles. The van der Waals surface area contributed by atoms with E-state index in [1.54, 1.807) is 0 Å². The summed E-state index contributed by atoms with van der Waals surface area (Å²) in [4.78, 5) is 2.39. The second-order valence-electron chi connectivity index (χ2n) is 6.63. The van der Waals surface area contributed by atoms with Gasteiger partial charge in [0, 0.05) is 19.6 Å². The molecule has 1 fully saturated rings. The topological polar surface area (TPSA) is 58.0 Å². The van der Waals surface area contributed by atoms with E-state index in [0.29, 0.717) is 17.5 Å². The quantitative estimate of drug-likeness (QED) is 0.842. The van der Waals surface area contributed by atoms with Gasteiger partial charge in [0.15, 0.2) is 0 Å². The molecule has 0 aliphatic carbocycles. The van der Waals surface area contributed by atoms with E-state index in [1.165, 1.54) is 19.3 Å². The fraction of sp³-hybridized carbons (Fsp3) is 0.706. The van der Waals surface area contributed by atoms with E-state index in [0.717, 1.165) is 37.6 Å². The lowest BCUT2D eigenvalue weighted by atomic mass is 9.92. The van der Waals surface area contributed by atoms with Gasteiger partial charge in [0.05, 0.1) is 5.69 Å². The number of hydrogen-bond donors (Lipinski definition) is 1. The van der Waals surface area contributed by atoms with Gasteiger partial charge < -0.3 is 15.2 Å². The number of anilines is 2. The molecule has 1 saturated heterocycles. The Hall–Kier alpha value is -1.63. The molecule has 0 bridgehead atoms. The highest BCUT2D eigenvalue weighted by molar-refractivity contribution is 5.68. The minimum Gasteiger partial charge on any atom is -0.396 e. The minimum atomic E-state index is 0.678. The van der Waals surface area contributed by atoms with Crippen LogP contribution in [0.1, 0.15) is 52.1 Å². The molecule has 1 aromatic rings. The fourth-order valence-corrected chi connectivity index (χ4v) is 3.59. The maximum atomic E-state index is 9.37. The van der Waals surface area contributed by atoms with Gasteiger partial charge in [-0.2, -0.15) is 5.26 Å². The summed E-state index contributed by atoms with van der Waals surface area (Å²) in [5.74, 6) is 2.43. The monoisotopic (exact) mass is 288 g/mol. The molecule has 2 unspecified atom stereocenters. The van der Waals surface area contributed by atoms with Crippen molar-refractivity contribution in [3.05, 3.63) is 11.8 Å². The summed E-state index contributed by atoms with van der Waals surface area (Å²) in [6.45, 7) is 9.77. The molecule has 0 radical (unpaired) electrons. The molecule has 1 aromatic heterocycles. The van der Waals surface area contributed by atoms with Crippen molar-refractivity contribution in [3.63, 3.8) is 0 Å². The first-order valence-corrected chi connectivity index (χ1v) is 8.20. The number of unbranched alkanes of at least 4 members (excludes halogenated alkanes) is 2. The van der Waals surface area contributed by atoms with Gasteiger partial charge in [-0.3, -0.25) is 0 Å². The molecule has 0 saturated carbocycles. The number of aromatic nitrogens is 1. The first-order chi connectivity index (χ1) is 10.1. The number of rotatable bonds is 5. The summed E-state index contributed by atoms with van der Waals surface area (Å²) in [7, 11) is 0. The molecule has 2 heterocycles. The first kappa shape index (κ1) is 15.8. The lowest BCUT2D eigenvalue weighted by Gasteiger charge is -2.37. The van der Waals surface area contributed by atoms with Crippen LogP contribution in [-0.2, 0) is 6.54 Å². The third-order valence-corrected chi connectivity index (χ3v) is 4.37. The Bertz CT molecular complexity index is 502. The van der Waals surface area contributed by atoms with Crippen molar-refractivity contribution in [2.24, 2.45) is 11.8 Å². The van der Waals surface area contributed by atoms with E-state index in [2.05, 4.69) is 36.3 Å². The second-order valence-corrected chi connectivity index (χ2v) is 6.63. The highest BCUT2D eigenvalue weighted by atomic mass is 15.3. The molecule has 0 amide bonds. The average molecular weight is 288 g/mol. The van der Waals surface area contributed by atoms with Crippen molar-refractivity contribution in [2.75, 3.05) is 23.7 Å². The highest BCUT2D eigenvalue weighted by Gasteiger charge is 2.26. The van der Waals surface area contributed by atoms with Gasteiger partial charge in [0.1, 0.15) is 17.6 Å². The maximum absolute atomic E-state index is 9.37. The average Bonchev–Trinajstić information content (AvgIpc) is 2.74. The van der Waals surface area contributed by atoms with Crippen molar-refractivity contribution in [2.45, 2.75) is 53.0 Å². The Balaban J connectivity index is 2.28. The van der Waals surface area contributed by atoms with Crippen molar-refractivity contribution in [1.29, 1.82) is 5.26 Å². The van der Waals surface area contributed by atoms with Crippen LogP contribution in [0.15, 0.2) is 6.07 Å². The van der Waals surface area contributed by atoms with Crippen LogP contribution in [-0.4, -0.2) is 17.7 Å². The lowest BCUT2D eigenvalue weighted by Crippen LogP contribution is -2.40. The smallest absolute Gasteiger partial charge is 0.133 e. The molecule has 116 valence electrons. The van der Waals surface area contributed by atoms with Crippen LogP contribution in [0.4, 0.5) is 11.5 Å². The van der Waals surface area contributed by atoms with E-state index in [9.17, 15) is 5.26 Å². The van der Waals surface area contributed by atoms with Gasteiger partial charge >= 0.3 is 0 Å². The number of hydrogen-bond acceptors (Lipinski definition) is 3. The molecule has 2 rings (SSSR count). The predicted molar refractivity (Wildman–Crippen MR) is 88.2 cm³/mol. The maximum Gasteiger partial charge on any atom is 0.133 e. The Morgan fingerprint density at radius 1 is 1.29 bits per heavy atom. The van der Waals surface area contributed by atoms with Crippen LogP contribution >= 0.6 is 0 Å². The van der Waals surface area contributed by atoms with Crippen LogP contribution in [0.5, 0.6) is 0 Å². The number of nitrogens with two attached hydrogens (primary N) is 1. The third kappa shape index (κ3) is 3.53. The van der Waals surface area contributed by atoms with Gasteiger partial charge in [-0.15, -0.1) is 0 Å². The number of piperidine rings is 1. The molecule has 4 heteroatoms. The van der Waals surface area contributed by atoms with E-state index >= 15 is 0 Å². The Morgan fingerprint density at radius 3 is 2.52 bits per heavy atom. The van der Waals surface area contributed by atoms with Crippen molar-refractivity contribution < 1.29 is 0 Å². The summed E-state index contributed by atoms with van der Waals surface area (Å²) in [5.41, 5.74) is 7.68. The lowest BCUT2D eigenvalue weighted by molar-refractivity contribution is 0.353. The standard InChI is InChI=1S/C17H28N4/c1-4-5-6-7-21-15(10-18)9-16(19)17(21)20-11-13(2)8-14(3)12-20/h9,13-14H,4-8,11-12,19H2,1-3H3. The van der Waals surface area contributed by atoms with Crippen LogP contribution in [0, 0.1) is 23.2 Å². The molecule has 1 aliphatic heterocycles. The molecule has 0 spiro atoms. The van der Waals surface area contributed by atoms with Gasteiger partial charge in [0.25, 0.3) is 0 Å². The molecule has 2 atom stereocenters. The molecule has 2 N–H and O–H groups in total. The third-order valence-electron chi connectivity index (χ3n) is 4.37. The van der Waals surface area contributed by atoms with Crippen LogP contribution in [0.2, 0.25) is 0 Å². The molecule has 4 nitrogen and oxygen atoms in total. The second kappa shape index (κ2) is 6.89. The summed E-state index contributed by atoms with van der Waals surface area (Å²) >= 11 is 0. The Labute approximate surface area is 128 Å². The van der Waals surface area contributed by atoms with E-state index in [1.807, 2.05) is 6.07 Å². The predicted octanol–water partition coefficient (Wildman–Crippen LogP) is 3.61. The zero-order valence-electron chi connectivity index (χ0n) is 13.6. The summed E-state index contributed by atoms with van der Waals surface area (Å²) in [6.07, 6.45) is 4.75. The van der Waals surface area contributed by atoms with E-state index in [4.69, 9.17) is 5.73 Å². The number of nitrogen functional groups attached to an aromatic ring is 1. The first-order valence-electron chi connectivity index (χ1n) is 8.20. The minimum absolute atomic E-state index is 0.678. The van der Waals surface area contributed by atoms with Crippen LogP contribution < -0.4 is 10.6 Å². The molecular formula is C17H28N4. The van der Waals surface area contributed by atoms with Gasteiger partial charge in [-0.25, -0.2) is 0 Å².